The number of hydrogen-bond donors (Lipinski definition) is 3. The summed E-state index contributed by atoms with van der Waals surface area (Å²) < 4.78 is 0. The normalized spacial score (nSPS) is 10.9. The zero-order valence-electron chi connectivity index (χ0n) is 10.3. The molecule has 0 spiro atoms. The Labute approximate surface area is 101 Å². The summed E-state index contributed by atoms with van der Waals surface area (Å²) in [5.74, 6) is 1.90. The minimum Gasteiger partial charge on any atom is -0.395 e. The molecular weight excluding hydrogens is 220 g/mol. The van der Waals surface area contributed by atoms with E-state index < -0.39 is 0 Å². The van der Waals surface area contributed by atoms with Crippen LogP contribution >= 0.6 is 0 Å². The molecule has 1 rings (SSSR count). The Morgan fingerprint density at radius 1 is 1.24 bits per heavy atom. The van der Waals surface area contributed by atoms with E-state index in [4.69, 9.17) is 15.9 Å². The predicted molar refractivity (Wildman–Crippen MR) is 66.9 cm³/mol. The van der Waals surface area contributed by atoms with Gasteiger partial charge >= 0.3 is 0 Å². The molecule has 6 heteroatoms. The molecule has 0 unspecified atom stereocenters. The van der Waals surface area contributed by atoms with Crippen LogP contribution in [0.3, 0.4) is 0 Å². The van der Waals surface area contributed by atoms with Gasteiger partial charge in [0.2, 0.25) is 0 Å². The van der Waals surface area contributed by atoms with Crippen molar-refractivity contribution in [1.29, 1.82) is 0 Å². The van der Waals surface area contributed by atoms with Crippen LogP contribution in [0.2, 0.25) is 0 Å². The predicted octanol–water partition coefficient (Wildman–Crippen LogP) is -0.0268. The van der Waals surface area contributed by atoms with E-state index in [9.17, 15) is 0 Å². The van der Waals surface area contributed by atoms with E-state index in [1.54, 1.807) is 11.0 Å². The highest BCUT2D eigenvalue weighted by Crippen LogP contribution is 2.18. The van der Waals surface area contributed by atoms with Gasteiger partial charge in [0.1, 0.15) is 17.5 Å². The number of nitrogens with two attached hydrogens (primary N) is 1. The highest BCUT2D eigenvalue weighted by Gasteiger charge is 2.11. The summed E-state index contributed by atoms with van der Waals surface area (Å²) in [7, 11) is 0. The van der Waals surface area contributed by atoms with Gasteiger partial charge in [-0.15, -0.1) is 0 Å². The molecule has 17 heavy (non-hydrogen) atoms. The van der Waals surface area contributed by atoms with Crippen LogP contribution in [0, 0.1) is 0 Å². The molecule has 4 N–H and O–H groups in total. The average molecular weight is 240 g/mol. The van der Waals surface area contributed by atoms with Gasteiger partial charge < -0.3 is 20.8 Å². The van der Waals surface area contributed by atoms with E-state index in [2.05, 4.69) is 9.97 Å². The van der Waals surface area contributed by atoms with Gasteiger partial charge in [0.05, 0.1) is 13.2 Å². The van der Waals surface area contributed by atoms with Gasteiger partial charge in [-0.25, -0.2) is 9.97 Å². The van der Waals surface area contributed by atoms with Crippen molar-refractivity contribution in [2.24, 2.45) is 0 Å². The third-order valence-corrected chi connectivity index (χ3v) is 2.33. The summed E-state index contributed by atoms with van der Waals surface area (Å²) in [5, 5.41) is 17.9. The standard InChI is InChI=1S/C11H20N4O2/c1-8(2)11-13-9(12)7-10(14-11)15(3-5-16)4-6-17/h7-8,16-17H,3-6H2,1-2H3,(H2,12,13,14). The van der Waals surface area contributed by atoms with Gasteiger partial charge in [0.15, 0.2) is 0 Å². The van der Waals surface area contributed by atoms with Crippen molar-refractivity contribution in [2.45, 2.75) is 19.8 Å². The van der Waals surface area contributed by atoms with Gasteiger partial charge in [-0.2, -0.15) is 0 Å². The van der Waals surface area contributed by atoms with E-state index in [1.165, 1.54) is 0 Å². The summed E-state index contributed by atoms with van der Waals surface area (Å²) in [6, 6.07) is 1.65. The summed E-state index contributed by atoms with van der Waals surface area (Å²) in [4.78, 5) is 10.3. The van der Waals surface area contributed by atoms with E-state index in [0.29, 0.717) is 30.5 Å². The molecule has 0 bridgehead atoms. The zero-order valence-corrected chi connectivity index (χ0v) is 10.3. The molecule has 1 aromatic heterocycles. The highest BCUT2D eigenvalue weighted by molar-refractivity contribution is 5.47. The lowest BCUT2D eigenvalue weighted by atomic mass is 10.2. The number of aromatic nitrogens is 2. The lowest BCUT2D eigenvalue weighted by Crippen LogP contribution is -2.31. The van der Waals surface area contributed by atoms with Crippen LogP contribution in [0.4, 0.5) is 11.6 Å². The van der Waals surface area contributed by atoms with E-state index in [-0.39, 0.29) is 19.1 Å². The Kier molecular flexibility index (Phi) is 5.11. The summed E-state index contributed by atoms with van der Waals surface area (Å²) in [6.45, 7) is 4.80. The fourth-order valence-electron chi connectivity index (χ4n) is 1.47. The second-order valence-corrected chi connectivity index (χ2v) is 4.10. The van der Waals surface area contributed by atoms with Crippen molar-refractivity contribution < 1.29 is 10.2 Å². The Morgan fingerprint density at radius 3 is 2.29 bits per heavy atom. The number of aliphatic hydroxyl groups is 2. The second-order valence-electron chi connectivity index (χ2n) is 4.10. The number of rotatable bonds is 6. The van der Waals surface area contributed by atoms with Crippen LogP contribution in [0.25, 0.3) is 0 Å². The van der Waals surface area contributed by atoms with E-state index in [1.807, 2.05) is 13.8 Å². The van der Waals surface area contributed by atoms with Crippen molar-refractivity contribution >= 4 is 11.6 Å². The van der Waals surface area contributed by atoms with Crippen molar-refractivity contribution in [2.75, 3.05) is 36.9 Å². The molecule has 0 saturated carbocycles. The molecular formula is C11H20N4O2. The Balaban J connectivity index is 3.00. The first-order valence-corrected chi connectivity index (χ1v) is 5.69. The van der Waals surface area contributed by atoms with Gasteiger partial charge in [-0.3, -0.25) is 0 Å². The Hall–Kier alpha value is -1.40. The molecule has 0 radical (unpaired) electrons. The van der Waals surface area contributed by atoms with Crippen molar-refractivity contribution in [3.8, 4) is 0 Å². The number of aliphatic hydroxyl groups excluding tert-OH is 2. The van der Waals surface area contributed by atoms with Gasteiger partial charge in [-0.1, -0.05) is 13.8 Å². The summed E-state index contributed by atoms with van der Waals surface area (Å²) >= 11 is 0. The van der Waals surface area contributed by atoms with Crippen LogP contribution in [0.1, 0.15) is 25.6 Å². The SMILES string of the molecule is CC(C)c1nc(N)cc(N(CCO)CCO)n1. The van der Waals surface area contributed by atoms with Crippen molar-refractivity contribution in [1.82, 2.24) is 9.97 Å². The number of anilines is 2. The van der Waals surface area contributed by atoms with Gasteiger partial charge in [0, 0.05) is 25.1 Å². The molecule has 0 aromatic carbocycles. The molecule has 0 fully saturated rings. The van der Waals surface area contributed by atoms with Crippen molar-refractivity contribution in [3.05, 3.63) is 11.9 Å². The maximum Gasteiger partial charge on any atom is 0.135 e. The number of nitrogen functional groups attached to an aromatic ring is 1. The minimum atomic E-state index is 0.000912. The maximum absolute atomic E-state index is 8.97. The molecule has 0 aliphatic carbocycles. The van der Waals surface area contributed by atoms with Crippen LogP contribution in [0.15, 0.2) is 6.07 Å². The number of hydrogen-bond acceptors (Lipinski definition) is 6. The topological polar surface area (TPSA) is 95.5 Å². The monoisotopic (exact) mass is 240 g/mol. The van der Waals surface area contributed by atoms with Crippen LogP contribution in [0.5, 0.6) is 0 Å². The summed E-state index contributed by atoms with van der Waals surface area (Å²) in [6.07, 6.45) is 0. The molecule has 0 amide bonds. The third kappa shape index (κ3) is 3.83. The average Bonchev–Trinajstić information content (AvgIpc) is 2.28. The molecule has 0 atom stereocenters. The fraction of sp³-hybridized carbons (Fsp3) is 0.636. The quantitative estimate of drug-likeness (QED) is 0.646. The molecule has 1 heterocycles. The first-order chi connectivity index (χ1) is 8.08. The third-order valence-electron chi connectivity index (χ3n) is 2.33. The smallest absolute Gasteiger partial charge is 0.135 e. The molecule has 1 aromatic rings. The molecule has 0 saturated heterocycles. The Bertz CT molecular complexity index is 351. The van der Waals surface area contributed by atoms with Crippen LogP contribution in [-0.4, -0.2) is 46.5 Å². The van der Waals surface area contributed by atoms with Gasteiger partial charge in [0.25, 0.3) is 0 Å². The molecule has 0 aliphatic rings. The van der Waals surface area contributed by atoms with Crippen LogP contribution in [-0.2, 0) is 0 Å². The van der Waals surface area contributed by atoms with Crippen LogP contribution < -0.4 is 10.6 Å². The second kappa shape index (κ2) is 6.36. The van der Waals surface area contributed by atoms with Crippen molar-refractivity contribution in [3.63, 3.8) is 0 Å². The Morgan fingerprint density at radius 2 is 1.82 bits per heavy atom. The first kappa shape index (κ1) is 13.7. The fourth-order valence-corrected chi connectivity index (χ4v) is 1.47. The maximum atomic E-state index is 8.97. The van der Waals surface area contributed by atoms with E-state index >= 15 is 0 Å². The number of nitrogens with zero attached hydrogens (tertiary/aromatic N) is 3. The molecule has 0 aliphatic heterocycles. The first-order valence-electron chi connectivity index (χ1n) is 5.69. The van der Waals surface area contributed by atoms with E-state index in [0.717, 1.165) is 0 Å². The lowest BCUT2D eigenvalue weighted by molar-refractivity contribution is 0.280. The molecule has 6 nitrogen and oxygen atoms in total. The molecule has 96 valence electrons. The largest absolute Gasteiger partial charge is 0.395 e. The minimum absolute atomic E-state index is 0.000912. The highest BCUT2D eigenvalue weighted by atomic mass is 16.3. The lowest BCUT2D eigenvalue weighted by Gasteiger charge is -2.22. The zero-order chi connectivity index (χ0) is 12.8. The summed E-state index contributed by atoms with van der Waals surface area (Å²) in [5.41, 5.74) is 5.72. The van der Waals surface area contributed by atoms with Gasteiger partial charge in [-0.05, 0) is 0 Å².